The number of aromatic hydroxyl groups is 1. The van der Waals surface area contributed by atoms with Gasteiger partial charge in [-0.1, -0.05) is 18.2 Å². The van der Waals surface area contributed by atoms with Gasteiger partial charge in [0.2, 0.25) is 0 Å². The van der Waals surface area contributed by atoms with Crippen molar-refractivity contribution in [2.45, 2.75) is 18.4 Å². The standard InChI is InChI=1S/C19H18N2O4/c1-25-18-8-5-11(9-17(18)22)19-14-4-2-3-13(14)15-10-12(21(23)24)6-7-16(15)20-19/h2-3,5-10,13-14,19-20,22H,4H2,1H3. The van der Waals surface area contributed by atoms with Crippen LogP contribution in [0.3, 0.4) is 0 Å². The number of ether oxygens (including phenoxy) is 1. The lowest BCUT2D eigenvalue weighted by Gasteiger charge is -2.37. The number of nitro benzene ring substituents is 1. The molecule has 6 heteroatoms. The molecule has 128 valence electrons. The van der Waals surface area contributed by atoms with Crippen LogP contribution in [-0.2, 0) is 0 Å². The van der Waals surface area contributed by atoms with Crippen molar-refractivity contribution in [1.82, 2.24) is 0 Å². The molecule has 2 aromatic rings. The number of fused-ring (bicyclic) bond motifs is 3. The second-order valence-electron chi connectivity index (χ2n) is 6.44. The first-order chi connectivity index (χ1) is 12.1. The van der Waals surface area contributed by atoms with E-state index in [1.54, 1.807) is 24.3 Å². The highest BCUT2D eigenvalue weighted by molar-refractivity contribution is 5.63. The summed E-state index contributed by atoms with van der Waals surface area (Å²) in [5, 5.41) is 24.7. The third-order valence-electron chi connectivity index (χ3n) is 5.12. The van der Waals surface area contributed by atoms with E-state index in [1.807, 2.05) is 6.07 Å². The van der Waals surface area contributed by atoms with Crippen LogP contribution in [0.2, 0.25) is 0 Å². The summed E-state index contributed by atoms with van der Waals surface area (Å²) in [7, 11) is 1.52. The predicted octanol–water partition coefficient (Wildman–Crippen LogP) is 4.14. The number of non-ortho nitro benzene ring substituents is 1. The number of nitro groups is 1. The fourth-order valence-corrected chi connectivity index (χ4v) is 3.93. The van der Waals surface area contributed by atoms with Gasteiger partial charge in [-0.2, -0.15) is 0 Å². The zero-order valence-corrected chi connectivity index (χ0v) is 13.7. The summed E-state index contributed by atoms with van der Waals surface area (Å²) in [5.74, 6) is 0.933. The van der Waals surface area contributed by atoms with Crippen LogP contribution in [-0.4, -0.2) is 17.1 Å². The number of nitrogens with one attached hydrogen (secondary N) is 1. The van der Waals surface area contributed by atoms with Crippen molar-refractivity contribution in [2.24, 2.45) is 5.92 Å². The van der Waals surface area contributed by atoms with E-state index in [2.05, 4.69) is 17.5 Å². The number of phenols is 1. The van der Waals surface area contributed by atoms with E-state index in [0.29, 0.717) is 5.75 Å². The highest BCUT2D eigenvalue weighted by Crippen LogP contribution is 2.51. The van der Waals surface area contributed by atoms with Gasteiger partial charge in [-0.15, -0.1) is 0 Å². The van der Waals surface area contributed by atoms with Crippen LogP contribution in [0.5, 0.6) is 11.5 Å². The Kier molecular flexibility index (Phi) is 3.60. The molecule has 0 saturated heterocycles. The molecule has 0 amide bonds. The molecular formula is C19H18N2O4. The number of allylic oxidation sites excluding steroid dienone is 2. The summed E-state index contributed by atoms with van der Waals surface area (Å²) in [5.41, 5.74) is 2.95. The quantitative estimate of drug-likeness (QED) is 0.499. The van der Waals surface area contributed by atoms with Gasteiger partial charge in [-0.3, -0.25) is 10.1 Å². The van der Waals surface area contributed by atoms with Crippen LogP contribution in [0.1, 0.15) is 29.5 Å². The highest BCUT2D eigenvalue weighted by Gasteiger charge is 2.38. The molecule has 4 rings (SSSR count). The van der Waals surface area contributed by atoms with Crippen LogP contribution in [0.4, 0.5) is 11.4 Å². The van der Waals surface area contributed by atoms with Gasteiger partial charge >= 0.3 is 0 Å². The summed E-state index contributed by atoms with van der Waals surface area (Å²) in [6.45, 7) is 0. The van der Waals surface area contributed by atoms with E-state index in [1.165, 1.54) is 13.2 Å². The van der Waals surface area contributed by atoms with Crippen LogP contribution in [0.25, 0.3) is 0 Å². The van der Waals surface area contributed by atoms with Gasteiger partial charge in [0, 0.05) is 23.7 Å². The largest absolute Gasteiger partial charge is 0.504 e. The fourth-order valence-electron chi connectivity index (χ4n) is 3.93. The van der Waals surface area contributed by atoms with Crippen LogP contribution >= 0.6 is 0 Å². The van der Waals surface area contributed by atoms with Gasteiger partial charge in [0.15, 0.2) is 11.5 Å². The van der Waals surface area contributed by atoms with E-state index in [-0.39, 0.29) is 34.2 Å². The normalized spacial score (nSPS) is 23.5. The Morgan fingerprint density at radius 2 is 2.12 bits per heavy atom. The molecule has 0 saturated carbocycles. The number of nitrogens with zero attached hydrogens (tertiary/aromatic N) is 1. The summed E-state index contributed by atoms with van der Waals surface area (Å²) in [6, 6.07) is 10.4. The Morgan fingerprint density at radius 3 is 2.84 bits per heavy atom. The second-order valence-corrected chi connectivity index (χ2v) is 6.44. The number of benzene rings is 2. The SMILES string of the molecule is COc1ccc(C2Nc3ccc([N+](=O)[O-])cc3C3C=CCC32)cc1O. The topological polar surface area (TPSA) is 84.6 Å². The Morgan fingerprint density at radius 1 is 1.28 bits per heavy atom. The summed E-state index contributed by atoms with van der Waals surface area (Å²) in [4.78, 5) is 10.7. The first-order valence-corrected chi connectivity index (χ1v) is 8.17. The molecule has 3 atom stereocenters. The monoisotopic (exact) mass is 338 g/mol. The molecule has 0 aromatic heterocycles. The molecule has 2 N–H and O–H groups in total. The lowest BCUT2D eigenvalue weighted by atomic mass is 9.77. The zero-order valence-electron chi connectivity index (χ0n) is 13.7. The van der Waals surface area contributed by atoms with E-state index >= 15 is 0 Å². The Labute approximate surface area is 144 Å². The third kappa shape index (κ3) is 2.50. The third-order valence-corrected chi connectivity index (χ3v) is 5.12. The number of anilines is 1. The molecule has 3 unspecified atom stereocenters. The molecule has 0 spiro atoms. The number of hydrogen-bond acceptors (Lipinski definition) is 5. The minimum Gasteiger partial charge on any atom is -0.504 e. The van der Waals surface area contributed by atoms with Gasteiger partial charge in [-0.05, 0) is 41.7 Å². The van der Waals surface area contributed by atoms with Crippen LogP contribution in [0, 0.1) is 16.0 Å². The molecule has 0 fully saturated rings. The summed E-state index contributed by atoms with van der Waals surface area (Å²) in [6.07, 6.45) is 5.14. The van der Waals surface area contributed by atoms with Crippen molar-refractivity contribution in [1.29, 1.82) is 0 Å². The van der Waals surface area contributed by atoms with Gasteiger partial charge in [0.05, 0.1) is 18.1 Å². The first kappa shape index (κ1) is 15.5. The molecule has 0 radical (unpaired) electrons. The van der Waals surface area contributed by atoms with E-state index in [0.717, 1.165) is 23.2 Å². The van der Waals surface area contributed by atoms with Crippen LogP contribution < -0.4 is 10.1 Å². The van der Waals surface area contributed by atoms with E-state index in [9.17, 15) is 15.2 Å². The van der Waals surface area contributed by atoms with Gasteiger partial charge < -0.3 is 15.2 Å². The second kappa shape index (κ2) is 5.81. The fraction of sp³-hybridized carbons (Fsp3) is 0.263. The first-order valence-electron chi connectivity index (χ1n) is 8.17. The Bertz CT molecular complexity index is 878. The minimum atomic E-state index is -0.360. The average molecular weight is 338 g/mol. The lowest BCUT2D eigenvalue weighted by molar-refractivity contribution is -0.384. The van der Waals surface area contributed by atoms with Gasteiger partial charge in [-0.25, -0.2) is 0 Å². The van der Waals surface area contributed by atoms with Crippen molar-refractivity contribution in [3.05, 3.63) is 69.8 Å². The highest BCUT2D eigenvalue weighted by atomic mass is 16.6. The molecule has 0 bridgehead atoms. The predicted molar refractivity (Wildman–Crippen MR) is 94.1 cm³/mol. The average Bonchev–Trinajstić information content (AvgIpc) is 3.10. The maximum absolute atomic E-state index is 11.1. The molecule has 2 aromatic carbocycles. The van der Waals surface area contributed by atoms with Crippen molar-refractivity contribution in [2.75, 3.05) is 12.4 Å². The molecule has 1 heterocycles. The molecule has 1 aliphatic carbocycles. The Hall–Kier alpha value is -3.02. The molecular weight excluding hydrogens is 320 g/mol. The van der Waals surface area contributed by atoms with Gasteiger partial charge in [0.1, 0.15) is 0 Å². The summed E-state index contributed by atoms with van der Waals surface area (Å²) < 4.78 is 5.12. The molecule has 2 aliphatic rings. The number of phenolic OH excluding ortho intramolecular Hbond substituents is 1. The van der Waals surface area contributed by atoms with E-state index in [4.69, 9.17) is 4.74 Å². The zero-order chi connectivity index (χ0) is 17.6. The van der Waals surface area contributed by atoms with E-state index < -0.39 is 0 Å². The van der Waals surface area contributed by atoms with Crippen molar-refractivity contribution in [3.8, 4) is 11.5 Å². The Balaban J connectivity index is 1.75. The van der Waals surface area contributed by atoms with Gasteiger partial charge in [0.25, 0.3) is 5.69 Å². The number of hydrogen-bond donors (Lipinski definition) is 2. The summed E-state index contributed by atoms with van der Waals surface area (Å²) >= 11 is 0. The van der Waals surface area contributed by atoms with Crippen LogP contribution in [0.15, 0.2) is 48.6 Å². The minimum absolute atomic E-state index is 0.0192. The van der Waals surface area contributed by atoms with Crippen molar-refractivity contribution in [3.63, 3.8) is 0 Å². The molecule has 25 heavy (non-hydrogen) atoms. The maximum Gasteiger partial charge on any atom is 0.269 e. The molecule has 1 aliphatic heterocycles. The lowest BCUT2D eigenvalue weighted by Crippen LogP contribution is -2.29. The number of methoxy groups -OCH3 is 1. The number of rotatable bonds is 3. The molecule has 6 nitrogen and oxygen atoms in total. The van der Waals surface area contributed by atoms with Crippen molar-refractivity contribution < 1.29 is 14.8 Å². The smallest absolute Gasteiger partial charge is 0.269 e. The maximum atomic E-state index is 11.1. The van der Waals surface area contributed by atoms with Crippen molar-refractivity contribution >= 4 is 11.4 Å².